The third kappa shape index (κ3) is 3.37. The molecule has 4 rings (SSSR count). The molecule has 0 radical (unpaired) electrons. The standard InChI is InChI=1S/C21H13F2N3O/c22-13-8-9-18(16(23)11-13)26-21(27)15-12-20(19-7-3-4-10-24-19)25-17-6-2-1-5-14(15)17/h1-12H,(H,26,27). The van der Waals surface area contributed by atoms with Gasteiger partial charge in [-0.1, -0.05) is 24.3 Å². The summed E-state index contributed by atoms with van der Waals surface area (Å²) < 4.78 is 27.0. The second-order valence-electron chi connectivity index (χ2n) is 5.87. The number of carbonyl (C=O) groups is 1. The van der Waals surface area contributed by atoms with Gasteiger partial charge in [-0.2, -0.15) is 0 Å². The summed E-state index contributed by atoms with van der Waals surface area (Å²) in [5.41, 5.74) is 1.99. The average molecular weight is 361 g/mol. The maximum Gasteiger partial charge on any atom is 0.256 e. The first-order valence-electron chi connectivity index (χ1n) is 8.19. The molecule has 4 nitrogen and oxygen atoms in total. The molecule has 0 atom stereocenters. The summed E-state index contributed by atoms with van der Waals surface area (Å²) in [6.45, 7) is 0. The van der Waals surface area contributed by atoms with Crippen LogP contribution >= 0.6 is 0 Å². The number of halogens is 2. The molecule has 6 heteroatoms. The highest BCUT2D eigenvalue weighted by molar-refractivity contribution is 6.13. The van der Waals surface area contributed by atoms with Crippen LogP contribution in [0.4, 0.5) is 14.5 Å². The van der Waals surface area contributed by atoms with Gasteiger partial charge in [0.1, 0.15) is 11.6 Å². The van der Waals surface area contributed by atoms with E-state index in [2.05, 4.69) is 15.3 Å². The Hall–Kier alpha value is -3.67. The zero-order valence-corrected chi connectivity index (χ0v) is 14.0. The van der Waals surface area contributed by atoms with E-state index in [1.807, 2.05) is 12.1 Å². The van der Waals surface area contributed by atoms with E-state index < -0.39 is 17.5 Å². The van der Waals surface area contributed by atoms with Crippen molar-refractivity contribution in [2.75, 3.05) is 5.32 Å². The SMILES string of the molecule is O=C(Nc1ccc(F)cc1F)c1cc(-c2ccccn2)nc2ccccc12. The number of nitrogens with one attached hydrogen (secondary N) is 1. The molecule has 0 aliphatic rings. The molecule has 4 aromatic rings. The van der Waals surface area contributed by atoms with Crippen LogP contribution in [0.5, 0.6) is 0 Å². The molecule has 0 unspecified atom stereocenters. The number of hydrogen-bond donors (Lipinski definition) is 1. The van der Waals surface area contributed by atoms with Crippen molar-refractivity contribution in [3.63, 3.8) is 0 Å². The summed E-state index contributed by atoms with van der Waals surface area (Å²) in [5, 5.41) is 3.12. The summed E-state index contributed by atoms with van der Waals surface area (Å²) in [6, 6.07) is 17.2. The Kier molecular flexibility index (Phi) is 4.30. The molecular weight excluding hydrogens is 348 g/mol. The number of amides is 1. The lowest BCUT2D eigenvalue weighted by Crippen LogP contribution is -2.14. The Morgan fingerprint density at radius 2 is 1.70 bits per heavy atom. The predicted molar refractivity (Wildman–Crippen MR) is 99.3 cm³/mol. The van der Waals surface area contributed by atoms with Crippen LogP contribution in [0.1, 0.15) is 10.4 Å². The molecule has 27 heavy (non-hydrogen) atoms. The zero-order chi connectivity index (χ0) is 18.8. The van der Waals surface area contributed by atoms with Crippen LogP contribution in [0.25, 0.3) is 22.3 Å². The van der Waals surface area contributed by atoms with Gasteiger partial charge in [-0.15, -0.1) is 0 Å². The van der Waals surface area contributed by atoms with Crippen molar-refractivity contribution in [1.29, 1.82) is 0 Å². The fraction of sp³-hybridized carbons (Fsp3) is 0. The summed E-state index contributed by atoms with van der Waals surface area (Å²) in [6.07, 6.45) is 1.64. The van der Waals surface area contributed by atoms with Crippen LogP contribution in [0.15, 0.2) is 72.9 Å². The molecule has 2 aromatic carbocycles. The van der Waals surface area contributed by atoms with E-state index in [1.165, 1.54) is 6.07 Å². The number of para-hydroxylation sites is 1. The molecule has 132 valence electrons. The minimum atomic E-state index is -0.841. The number of fused-ring (bicyclic) bond motifs is 1. The van der Waals surface area contributed by atoms with Gasteiger partial charge in [0.15, 0.2) is 0 Å². The lowest BCUT2D eigenvalue weighted by atomic mass is 10.1. The zero-order valence-electron chi connectivity index (χ0n) is 14.0. The van der Waals surface area contributed by atoms with Crippen LogP contribution in [-0.2, 0) is 0 Å². The van der Waals surface area contributed by atoms with E-state index >= 15 is 0 Å². The van der Waals surface area contributed by atoms with E-state index in [-0.39, 0.29) is 5.69 Å². The van der Waals surface area contributed by atoms with Gasteiger partial charge in [-0.25, -0.2) is 13.8 Å². The molecule has 0 fully saturated rings. The molecule has 0 aliphatic heterocycles. The van der Waals surface area contributed by atoms with Gasteiger partial charge in [0.05, 0.1) is 28.2 Å². The first-order valence-corrected chi connectivity index (χ1v) is 8.19. The number of hydrogen-bond acceptors (Lipinski definition) is 3. The molecule has 1 amide bonds. The van der Waals surface area contributed by atoms with E-state index in [9.17, 15) is 13.6 Å². The van der Waals surface area contributed by atoms with Gasteiger partial charge < -0.3 is 5.32 Å². The van der Waals surface area contributed by atoms with Gasteiger partial charge in [-0.05, 0) is 36.4 Å². The van der Waals surface area contributed by atoms with Crippen molar-refractivity contribution >= 4 is 22.5 Å². The van der Waals surface area contributed by atoms with Crippen LogP contribution in [0, 0.1) is 11.6 Å². The molecule has 2 heterocycles. The fourth-order valence-corrected chi connectivity index (χ4v) is 2.79. The Balaban J connectivity index is 1.81. The van der Waals surface area contributed by atoms with Crippen molar-refractivity contribution in [2.24, 2.45) is 0 Å². The Labute approximate surface area is 153 Å². The summed E-state index contributed by atoms with van der Waals surface area (Å²) in [4.78, 5) is 21.7. The van der Waals surface area contributed by atoms with Crippen molar-refractivity contribution in [1.82, 2.24) is 9.97 Å². The smallest absolute Gasteiger partial charge is 0.256 e. The van der Waals surface area contributed by atoms with E-state index in [1.54, 1.807) is 42.6 Å². The summed E-state index contributed by atoms with van der Waals surface area (Å²) in [5.74, 6) is -2.07. The van der Waals surface area contributed by atoms with Gasteiger partial charge >= 0.3 is 0 Å². The average Bonchev–Trinajstić information content (AvgIpc) is 2.70. The third-order valence-corrected chi connectivity index (χ3v) is 4.07. The minimum absolute atomic E-state index is 0.0957. The van der Waals surface area contributed by atoms with E-state index in [0.717, 1.165) is 12.1 Å². The summed E-state index contributed by atoms with van der Waals surface area (Å²) in [7, 11) is 0. The third-order valence-electron chi connectivity index (χ3n) is 4.07. The largest absolute Gasteiger partial charge is 0.319 e. The second kappa shape index (κ2) is 6.92. The van der Waals surface area contributed by atoms with Gasteiger partial charge in [0, 0.05) is 17.6 Å². The monoisotopic (exact) mass is 361 g/mol. The molecule has 0 bridgehead atoms. The van der Waals surface area contributed by atoms with Crippen molar-refractivity contribution in [3.05, 3.63) is 90.1 Å². The number of aromatic nitrogens is 2. The summed E-state index contributed by atoms with van der Waals surface area (Å²) >= 11 is 0. The van der Waals surface area contributed by atoms with Gasteiger partial charge in [0.25, 0.3) is 5.91 Å². The highest BCUT2D eigenvalue weighted by atomic mass is 19.1. The normalized spacial score (nSPS) is 10.7. The number of pyridine rings is 2. The quantitative estimate of drug-likeness (QED) is 0.569. The fourth-order valence-electron chi connectivity index (χ4n) is 2.79. The molecule has 1 N–H and O–H groups in total. The maximum atomic E-state index is 13.9. The Bertz CT molecular complexity index is 1150. The van der Waals surface area contributed by atoms with Gasteiger partial charge in [0.2, 0.25) is 0 Å². The maximum absolute atomic E-state index is 13.9. The number of nitrogens with zero attached hydrogens (tertiary/aromatic N) is 2. The van der Waals surface area contributed by atoms with Crippen molar-refractivity contribution in [2.45, 2.75) is 0 Å². The molecule has 0 saturated heterocycles. The molecule has 0 aliphatic carbocycles. The lowest BCUT2D eigenvalue weighted by molar-refractivity contribution is 0.102. The first kappa shape index (κ1) is 16.8. The topological polar surface area (TPSA) is 54.9 Å². The van der Waals surface area contributed by atoms with E-state index in [4.69, 9.17) is 0 Å². The number of rotatable bonds is 3. The van der Waals surface area contributed by atoms with Crippen LogP contribution < -0.4 is 5.32 Å². The first-order chi connectivity index (χ1) is 13.1. The van der Waals surface area contributed by atoms with Gasteiger partial charge in [-0.3, -0.25) is 9.78 Å². The van der Waals surface area contributed by atoms with E-state index in [0.29, 0.717) is 27.9 Å². The number of anilines is 1. The van der Waals surface area contributed by atoms with Crippen LogP contribution in [-0.4, -0.2) is 15.9 Å². The molecular formula is C21H13F2N3O. The van der Waals surface area contributed by atoms with Crippen molar-refractivity contribution in [3.8, 4) is 11.4 Å². The molecule has 2 aromatic heterocycles. The predicted octanol–water partition coefficient (Wildman–Crippen LogP) is 4.83. The minimum Gasteiger partial charge on any atom is -0.319 e. The molecule has 0 saturated carbocycles. The van der Waals surface area contributed by atoms with Crippen LogP contribution in [0.2, 0.25) is 0 Å². The highest BCUT2D eigenvalue weighted by Crippen LogP contribution is 2.25. The number of carbonyl (C=O) groups excluding carboxylic acids is 1. The van der Waals surface area contributed by atoms with Crippen LogP contribution in [0.3, 0.4) is 0 Å². The Morgan fingerprint density at radius 1 is 0.889 bits per heavy atom. The number of benzene rings is 2. The van der Waals surface area contributed by atoms with Crippen molar-refractivity contribution < 1.29 is 13.6 Å². The lowest BCUT2D eigenvalue weighted by Gasteiger charge is -2.11. The molecule has 0 spiro atoms. The highest BCUT2D eigenvalue weighted by Gasteiger charge is 2.16. The Morgan fingerprint density at radius 3 is 2.48 bits per heavy atom. The second-order valence-corrected chi connectivity index (χ2v) is 5.87.